The van der Waals surface area contributed by atoms with Crippen LogP contribution in [0.1, 0.15) is 43.7 Å². The van der Waals surface area contributed by atoms with E-state index in [0.29, 0.717) is 19.3 Å². The second kappa shape index (κ2) is 6.41. The van der Waals surface area contributed by atoms with Crippen LogP contribution in [-0.2, 0) is 11.2 Å². The van der Waals surface area contributed by atoms with Gasteiger partial charge in [0.2, 0.25) is 0 Å². The van der Waals surface area contributed by atoms with Crippen molar-refractivity contribution in [3.05, 3.63) is 35.1 Å². The maximum atomic E-state index is 13.4. The molecular formula is C14H19FO. The Morgan fingerprint density at radius 1 is 1.31 bits per heavy atom. The molecule has 1 aromatic carbocycles. The van der Waals surface area contributed by atoms with Gasteiger partial charge in [0, 0.05) is 12.8 Å². The van der Waals surface area contributed by atoms with Gasteiger partial charge in [-0.1, -0.05) is 19.1 Å². The summed E-state index contributed by atoms with van der Waals surface area (Å²) in [5.41, 5.74) is 1.65. The van der Waals surface area contributed by atoms with Crippen LogP contribution in [0.4, 0.5) is 4.39 Å². The summed E-state index contributed by atoms with van der Waals surface area (Å²) in [4.78, 5) is 11.3. The lowest BCUT2D eigenvalue weighted by atomic mass is 10.0. The van der Waals surface area contributed by atoms with Crippen molar-refractivity contribution >= 4 is 5.78 Å². The highest BCUT2D eigenvalue weighted by atomic mass is 19.1. The predicted octanol–water partition coefficient (Wildman–Crippen LogP) is 3.83. The molecule has 1 rings (SSSR count). The van der Waals surface area contributed by atoms with Gasteiger partial charge in [0.15, 0.2) is 0 Å². The van der Waals surface area contributed by atoms with Gasteiger partial charge < -0.3 is 0 Å². The highest BCUT2D eigenvalue weighted by molar-refractivity contribution is 5.78. The number of rotatable bonds is 6. The van der Waals surface area contributed by atoms with E-state index in [1.165, 1.54) is 0 Å². The molecular weight excluding hydrogens is 203 g/mol. The molecule has 0 N–H and O–H groups in total. The van der Waals surface area contributed by atoms with Crippen molar-refractivity contribution in [2.24, 2.45) is 0 Å². The molecule has 0 radical (unpaired) electrons. The monoisotopic (exact) mass is 222 g/mol. The van der Waals surface area contributed by atoms with Gasteiger partial charge in [-0.3, -0.25) is 4.79 Å². The molecule has 1 nitrogen and oxygen atoms in total. The zero-order valence-electron chi connectivity index (χ0n) is 10.1. The lowest BCUT2D eigenvalue weighted by molar-refractivity contribution is -0.119. The standard InChI is InChI=1S/C14H19FO/c1-3-5-13(16)7-4-6-12-9-8-11(2)10-14(12)15/h8-10H,3-7H2,1-2H3. The summed E-state index contributed by atoms with van der Waals surface area (Å²) in [5, 5.41) is 0. The second-order valence-electron chi connectivity index (χ2n) is 4.24. The number of hydrogen-bond donors (Lipinski definition) is 0. The fraction of sp³-hybridized carbons (Fsp3) is 0.500. The third kappa shape index (κ3) is 4.13. The van der Waals surface area contributed by atoms with Crippen molar-refractivity contribution in [3.63, 3.8) is 0 Å². The maximum absolute atomic E-state index is 13.4. The van der Waals surface area contributed by atoms with Crippen molar-refractivity contribution in [1.29, 1.82) is 0 Å². The number of halogens is 1. The number of Topliss-reactive ketones (excluding diaryl/α,β-unsaturated/α-hetero) is 1. The zero-order valence-corrected chi connectivity index (χ0v) is 10.1. The molecule has 0 atom stereocenters. The predicted molar refractivity (Wildman–Crippen MR) is 64.0 cm³/mol. The summed E-state index contributed by atoms with van der Waals surface area (Å²) in [6.07, 6.45) is 3.52. The molecule has 0 bridgehead atoms. The minimum atomic E-state index is -0.150. The summed E-state index contributed by atoms with van der Waals surface area (Å²) < 4.78 is 13.4. The molecule has 0 amide bonds. The number of carbonyl (C=O) groups is 1. The molecule has 16 heavy (non-hydrogen) atoms. The van der Waals surface area contributed by atoms with Gasteiger partial charge in [-0.05, 0) is 43.4 Å². The molecule has 0 heterocycles. The largest absolute Gasteiger partial charge is 0.300 e. The summed E-state index contributed by atoms with van der Waals surface area (Å²) in [6.45, 7) is 3.87. The Balaban J connectivity index is 2.40. The van der Waals surface area contributed by atoms with Crippen molar-refractivity contribution in [3.8, 4) is 0 Å². The summed E-state index contributed by atoms with van der Waals surface area (Å²) in [7, 11) is 0. The Kier molecular flexibility index (Phi) is 5.17. The first-order chi connectivity index (χ1) is 7.63. The lowest BCUT2D eigenvalue weighted by Crippen LogP contribution is -1.99. The van der Waals surface area contributed by atoms with Crippen LogP contribution in [-0.4, -0.2) is 5.78 Å². The third-order valence-corrected chi connectivity index (χ3v) is 2.64. The molecule has 0 aliphatic heterocycles. The van der Waals surface area contributed by atoms with Crippen LogP contribution in [0.5, 0.6) is 0 Å². The molecule has 1 aromatic rings. The Hall–Kier alpha value is -1.18. The molecule has 0 aliphatic carbocycles. The van der Waals surface area contributed by atoms with Crippen molar-refractivity contribution in [1.82, 2.24) is 0 Å². The smallest absolute Gasteiger partial charge is 0.132 e. The maximum Gasteiger partial charge on any atom is 0.132 e. The quantitative estimate of drug-likeness (QED) is 0.715. The Bertz CT molecular complexity index is 358. The topological polar surface area (TPSA) is 17.1 Å². The van der Waals surface area contributed by atoms with E-state index in [9.17, 15) is 9.18 Å². The first kappa shape index (κ1) is 12.9. The van der Waals surface area contributed by atoms with E-state index < -0.39 is 0 Å². The first-order valence-electron chi connectivity index (χ1n) is 5.90. The SMILES string of the molecule is CCCC(=O)CCCc1ccc(C)cc1F. The van der Waals surface area contributed by atoms with E-state index in [1.807, 2.05) is 26.0 Å². The van der Waals surface area contributed by atoms with E-state index in [2.05, 4.69) is 0 Å². The normalized spacial score (nSPS) is 10.4. The highest BCUT2D eigenvalue weighted by Crippen LogP contribution is 2.13. The van der Waals surface area contributed by atoms with E-state index in [4.69, 9.17) is 0 Å². The van der Waals surface area contributed by atoms with Gasteiger partial charge >= 0.3 is 0 Å². The molecule has 0 spiro atoms. The van der Waals surface area contributed by atoms with Crippen LogP contribution in [0.2, 0.25) is 0 Å². The van der Waals surface area contributed by atoms with Gasteiger partial charge in [0.05, 0.1) is 0 Å². The summed E-state index contributed by atoms with van der Waals surface area (Å²) in [6, 6.07) is 5.27. The number of aryl methyl sites for hydroxylation is 2. The number of ketones is 1. The average molecular weight is 222 g/mol. The molecule has 0 unspecified atom stereocenters. The van der Waals surface area contributed by atoms with E-state index in [0.717, 1.165) is 24.0 Å². The van der Waals surface area contributed by atoms with Gasteiger partial charge in [-0.15, -0.1) is 0 Å². The minimum Gasteiger partial charge on any atom is -0.300 e. The molecule has 0 aliphatic rings. The Morgan fingerprint density at radius 2 is 2.06 bits per heavy atom. The van der Waals surface area contributed by atoms with Crippen LogP contribution < -0.4 is 0 Å². The molecule has 0 fully saturated rings. The highest BCUT2D eigenvalue weighted by Gasteiger charge is 2.04. The van der Waals surface area contributed by atoms with Gasteiger partial charge in [-0.2, -0.15) is 0 Å². The Morgan fingerprint density at radius 3 is 2.69 bits per heavy atom. The second-order valence-corrected chi connectivity index (χ2v) is 4.24. The fourth-order valence-corrected chi connectivity index (χ4v) is 1.73. The Labute approximate surface area is 96.7 Å². The van der Waals surface area contributed by atoms with E-state index in [1.54, 1.807) is 6.07 Å². The van der Waals surface area contributed by atoms with Crippen LogP contribution >= 0.6 is 0 Å². The van der Waals surface area contributed by atoms with E-state index in [-0.39, 0.29) is 11.6 Å². The van der Waals surface area contributed by atoms with Crippen molar-refractivity contribution in [2.75, 3.05) is 0 Å². The zero-order chi connectivity index (χ0) is 12.0. The number of hydrogen-bond acceptors (Lipinski definition) is 1. The van der Waals surface area contributed by atoms with Crippen molar-refractivity contribution in [2.45, 2.75) is 46.0 Å². The number of carbonyl (C=O) groups excluding carboxylic acids is 1. The molecule has 2 heteroatoms. The van der Waals surface area contributed by atoms with Gasteiger partial charge in [0.25, 0.3) is 0 Å². The van der Waals surface area contributed by atoms with Crippen LogP contribution in [0.25, 0.3) is 0 Å². The number of benzene rings is 1. The van der Waals surface area contributed by atoms with Crippen LogP contribution in [0.15, 0.2) is 18.2 Å². The molecule has 0 saturated carbocycles. The van der Waals surface area contributed by atoms with Crippen LogP contribution in [0.3, 0.4) is 0 Å². The molecule has 0 aromatic heterocycles. The van der Waals surface area contributed by atoms with Gasteiger partial charge in [0.1, 0.15) is 11.6 Å². The van der Waals surface area contributed by atoms with Gasteiger partial charge in [-0.25, -0.2) is 4.39 Å². The minimum absolute atomic E-state index is 0.150. The summed E-state index contributed by atoms with van der Waals surface area (Å²) in [5.74, 6) is 0.137. The van der Waals surface area contributed by atoms with Crippen LogP contribution in [0, 0.1) is 12.7 Å². The first-order valence-corrected chi connectivity index (χ1v) is 5.90. The lowest BCUT2D eigenvalue weighted by Gasteiger charge is -2.03. The van der Waals surface area contributed by atoms with Crippen molar-refractivity contribution < 1.29 is 9.18 Å². The average Bonchev–Trinajstić information content (AvgIpc) is 2.22. The van der Waals surface area contributed by atoms with E-state index >= 15 is 0 Å². The third-order valence-electron chi connectivity index (χ3n) is 2.64. The molecule has 88 valence electrons. The molecule has 0 saturated heterocycles. The summed E-state index contributed by atoms with van der Waals surface area (Å²) >= 11 is 0. The fourth-order valence-electron chi connectivity index (χ4n) is 1.73.